The van der Waals surface area contributed by atoms with Crippen LogP contribution in [0.2, 0.25) is 5.02 Å². The van der Waals surface area contributed by atoms with Crippen LogP contribution in [0.1, 0.15) is 72.7 Å². The molecule has 3 fully saturated rings. The molecule has 4 heterocycles. The summed E-state index contributed by atoms with van der Waals surface area (Å²) < 4.78 is 80.0. The first-order valence-corrected chi connectivity index (χ1v) is 18.7. The summed E-state index contributed by atoms with van der Waals surface area (Å²) in [6.45, 7) is 3.68. The molecule has 266 valence electrons. The van der Waals surface area contributed by atoms with Gasteiger partial charge in [-0.3, -0.25) is 14.4 Å². The summed E-state index contributed by atoms with van der Waals surface area (Å²) in [5.74, 6) is 0.325. The van der Waals surface area contributed by atoms with E-state index in [1.165, 1.54) is 22.4 Å². The maximum atomic E-state index is 14.6. The molecule has 8 nitrogen and oxygen atoms in total. The minimum Gasteiger partial charge on any atom is -0.339 e. The van der Waals surface area contributed by atoms with Crippen LogP contribution in [0.25, 0.3) is 11.0 Å². The zero-order valence-corrected chi connectivity index (χ0v) is 29.0. The van der Waals surface area contributed by atoms with Gasteiger partial charge >= 0.3 is 15.5 Å². The van der Waals surface area contributed by atoms with Crippen molar-refractivity contribution in [2.75, 3.05) is 24.4 Å². The molecule has 7 rings (SSSR count). The van der Waals surface area contributed by atoms with Crippen molar-refractivity contribution in [3.05, 3.63) is 94.5 Å². The van der Waals surface area contributed by atoms with E-state index in [4.69, 9.17) is 16.6 Å². The Bertz CT molecular complexity index is 2020. The number of amides is 1. The number of hydrogen-bond donors (Lipinski definition) is 1. The maximum Gasteiger partial charge on any atom is 0.516 e. The first-order chi connectivity index (χ1) is 23.7. The molecular formula is C36H38ClF4N5O3S. The van der Waals surface area contributed by atoms with Crippen molar-refractivity contribution in [2.45, 2.75) is 80.9 Å². The van der Waals surface area contributed by atoms with Gasteiger partial charge < -0.3 is 9.47 Å². The Morgan fingerprint density at radius 2 is 1.68 bits per heavy atom. The zero-order valence-electron chi connectivity index (χ0n) is 27.5. The van der Waals surface area contributed by atoms with E-state index in [2.05, 4.69) is 34.6 Å². The molecule has 1 aromatic heterocycles. The fourth-order valence-corrected chi connectivity index (χ4v) is 9.38. The van der Waals surface area contributed by atoms with E-state index in [1.54, 1.807) is 17.0 Å². The van der Waals surface area contributed by atoms with Crippen molar-refractivity contribution < 1.29 is 30.8 Å². The minimum atomic E-state index is -5.64. The number of rotatable bonds is 8. The van der Waals surface area contributed by atoms with Crippen LogP contribution in [0, 0.1) is 12.7 Å². The summed E-state index contributed by atoms with van der Waals surface area (Å²) in [4.78, 5) is 22.7. The number of imidazole rings is 1. The van der Waals surface area contributed by atoms with Crippen molar-refractivity contribution in [1.82, 2.24) is 19.4 Å². The van der Waals surface area contributed by atoms with Crippen molar-refractivity contribution in [3.8, 4) is 0 Å². The third-order valence-electron chi connectivity index (χ3n) is 11.0. The lowest BCUT2D eigenvalue weighted by molar-refractivity contribution is -0.0429. The molecule has 0 radical (unpaired) electrons. The minimum absolute atomic E-state index is 0.0558. The molecule has 1 N–H and O–H groups in total. The lowest BCUT2D eigenvalue weighted by Crippen LogP contribution is -2.49. The average molecular weight is 732 g/mol. The molecule has 0 saturated carbocycles. The van der Waals surface area contributed by atoms with Crippen LogP contribution in [-0.4, -0.2) is 70.9 Å². The van der Waals surface area contributed by atoms with Gasteiger partial charge in [0.1, 0.15) is 11.6 Å². The van der Waals surface area contributed by atoms with Gasteiger partial charge in [0.15, 0.2) is 0 Å². The number of aryl methyl sites for hydroxylation is 1. The van der Waals surface area contributed by atoms with Crippen LogP contribution in [0.15, 0.2) is 66.7 Å². The molecule has 3 aliphatic rings. The van der Waals surface area contributed by atoms with E-state index in [0.29, 0.717) is 44.1 Å². The van der Waals surface area contributed by atoms with Crippen LogP contribution >= 0.6 is 11.6 Å². The van der Waals surface area contributed by atoms with E-state index in [9.17, 15) is 30.8 Å². The molecule has 2 unspecified atom stereocenters. The second-order valence-corrected chi connectivity index (χ2v) is 15.9. The average Bonchev–Trinajstić information content (AvgIpc) is 3.53. The predicted molar refractivity (Wildman–Crippen MR) is 184 cm³/mol. The molecule has 0 aliphatic carbocycles. The smallest absolute Gasteiger partial charge is 0.339 e. The largest absolute Gasteiger partial charge is 0.516 e. The summed E-state index contributed by atoms with van der Waals surface area (Å²) in [7, 11) is -5.64. The number of halogens is 5. The number of carbonyl (C=O) groups excluding carboxylic acids is 1. The quantitative estimate of drug-likeness (QED) is 0.187. The van der Waals surface area contributed by atoms with Crippen molar-refractivity contribution in [3.63, 3.8) is 0 Å². The molecule has 50 heavy (non-hydrogen) atoms. The van der Waals surface area contributed by atoms with Crippen molar-refractivity contribution in [1.29, 1.82) is 0 Å². The van der Waals surface area contributed by atoms with Crippen LogP contribution in [0.4, 0.5) is 23.2 Å². The molecule has 3 aliphatic heterocycles. The number of fused-ring (bicyclic) bond motifs is 3. The monoisotopic (exact) mass is 731 g/mol. The number of hydrogen-bond acceptors (Lipinski definition) is 5. The Kier molecular flexibility index (Phi) is 9.13. The van der Waals surface area contributed by atoms with E-state index >= 15 is 0 Å². The molecule has 0 spiro atoms. The number of alkyl halides is 3. The molecule has 4 aromatic rings. The van der Waals surface area contributed by atoms with E-state index in [0.717, 1.165) is 67.7 Å². The SMILES string of the molecule is Cc1nc2ccccc2n1C1CC2CCC(C1)N2CCC1(c2cccc(F)c2)CCN(C(=O)c2ccc(NS(=O)(=O)C(F)(F)F)cc2Cl)CC1. The summed E-state index contributed by atoms with van der Waals surface area (Å²) in [6.07, 6.45) is 6.36. The maximum absolute atomic E-state index is 14.6. The first kappa shape index (κ1) is 34.8. The van der Waals surface area contributed by atoms with Crippen LogP contribution < -0.4 is 4.72 Å². The highest BCUT2D eigenvalue weighted by Gasteiger charge is 2.47. The Labute approximate surface area is 293 Å². The first-order valence-electron chi connectivity index (χ1n) is 16.9. The number of likely N-dealkylation sites (tertiary alicyclic amines) is 1. The van der Waals surface area contributed by atoms with Gasteiger partial charge in [0.2, 0.25) is 0 Å². The number of sulfonamides is 1. The normalized spacial score (nSPS) is 22.6. The number of aromatic nitrogens is 2. The summed E-state index contributed by atoms with van der Waals surface area (Å²) in [6, 6.07) is 19.6. The standard InChI is InChI=1S/C36H38ClF4N5O3S/c1-23-42-32-7-2-3-8-33(32)46(23)29-21-27-10-11-28(22-29)45(27)18-15-35(24-5-4-6-25(38)19-24)13-16-44(17-14-35)34(47)30-12-9-26(20-31(30)37)43-50(48,49)36(39,40)41/h2-9,12,19-20,27-29,43H,10-11,13-18,21-22H2,1H3. The van der Waals surface area contributed by atoms with Gasteiger partial charge in [-0.25, -0.2) is 9.37 Å². The second kappa shape index (κ2) is 13.1. The van der Waals surface area contributed by atoms with Gasteiger partial charge in [-0.05, 0) is 112 Å². The topological polar surface area (TPSA) is 87.5 Å². The summed E-state index contributed by atoms with van der Waals surface area (Å²) in [5, 5.41) is -0.169. The number of anilines is 1. The zero-order chi connectivity index (χ0) is 35.4. The Morgan fingerprint density at radius 1 is 0.980 bits per heavy atom. The van der Waals surface area contributed by atoms with Gasteiger partial charge in [-0.1, -0.05) is 35.9 Å². The lowest BCUT2D eigenvalue weighted by Gasteiger charge is -2.45. The molecule has 2 atom stereocenters. The summed E-state index contributed by atoms with van der Waals surface area (Å²) >= 11 is 6.29. The van der Waals surface area contributed by atoms with Gasteiger partial charge in [0.25, 0.3) is 5.91 Å². The van der Waals surface area contributed by atoms with Gasteiger partial charge in [0.05, 0.1) is 27.3 Å². The number of piperidine rings is 2. The van der Waals surface area contributed by atoms with E-state index < -0.39 is 27.1 Å². The third-order valence-corrected chi connectivity index (χ3v) is 12.5. The molecule has 14 heteroatoms. The predicted octanol–water partition coefficient (Wildman–Crippen LogP) is 7.83. The molecule has 3 aromatic carbocycles. The van der Waals surface area contributed by atoms with E-state index in [1.807, 2.05) is 12.1 Å². The van der Waals surface area contributed by atoms with Crippen molar-refractivity contribution >= 4 is 44.3 Å². The Hall–Kier alpha value is -3.68. The molecule has 2 bridgehead atoms. The van der Waals surface area contributed by atoms with Crippen molar-refractivity contribution in [2.24, 2.45) is 0 Å². The highest BCUT2D eigenvalue weighted by Crippen LogP contribution is 2.45. The van der Waals surface area contributed by atoms with E-state index in [-0.39, 0.29) is 21.8 Å². The highest BCUT2D eigenvalue weighted by molar-refractivity contribution is 7.93. The number of carbonyl (C=O) groups is 1. The molecule has 3 saturated heterocycles. The van der Waals surface area contributed by atoms with Crippen LogP contribution in [0.5, 0.6) is 0 Å². The number of nitrogens with one attached hydrogen (secondary N) is 1. The van der Waals surface area contributed by atoms with Gasteiger partial charge in [-0.15, -0.1) is 0 Å². The van der Waals surface area contributed by atoms with Crippen LogP contribution in [-0.2, 0) is 15.4 Å². The number of benzene rings is 3. The fraction of sp³-hybridized carbons (Fsp3) is 0.444. The molecule has 1 amide bonds. The van der Waals surface area contributed by atoms with Crippen LogP contribution in [0.3, 0.4) is 0 Å². The number of nitrogens with zero attached hydrogens (tertiary/aromatic N) is 4. The Balaban J connectivity index is 1.05. The second-order valence-electron chi connectivity index (χ2n) is 13.8. The van der Waals surface area contributed by atoms with Gasteiger partial charge in [0, 0.05) is 31.2 Å². The van der Waals surface area contributed by atoms with Gasteiger partial charge in [-0.2, -0.15) is 21.6 Å². The lowest BCUT2D eigenvalue weighted by atomic mass is 9.70. The Morgan fingerprint density at radius 3 is 2.34 bits per heavy atom. The number of para-hydroxylation sites is 2. The fourth-order valence-electron chi connectivity index (χ4n) is 8.56. The third kappa shape index (κ3) is 6.48. The molecular weight excluding hydrogens is 694 g/mol. The highest BCUT2D eigenvalue weighted by atomic mass is 35.5. The summed E-state index contributed by atoms with van der Waals surface area (Å²) in [5.41, 5.74) is -3.10.